The average molecular weight is 823 g/mol. The highest BCUT2D eigenvalue weighted by molar-refractivity contribution is 8.01. The number of thioether (sulfide) groups is 1. The molecule has 23 heteroatoms. The van der Waals surface area contributed by atoms with Gasteiger partial charge < -0.3 is 0 Å². The van der Waals surface area contributed by atoms with E-state index in [-0.39, 0.29) is 30.9 Å². The van der Waals surface area contributed by atoms with Crippen molar-refractivity contribution in [3.63, 3.8) is 0 Å². The van der Waals surface area contributed by atoms with Gasteiger partial charge in [-0.1, -0.05) is 80.6 Å². The quantitative estimate of drug-likeness (QED) is 0.133. The molecule has 0 spiro atoms. The molecule has 0 fully saturated rings. The van der Waals surface area contributed by atoms with Gasteiger partial charge in [0.25, 0.3) is 0 Å². The molecule has 0 saturated carbocycles. The molecule has 45 heavy (non-hydrogen) atoms. The monoisotopic (exact) mass is 821 g/mol. The van der Waals surface area contributed by atoms with Crippen LogP contribution in [0.5, 0.6) is 0 Å². The number of sulfone groups is 1. The van der Waals surface area contributed by atoms with Crippen LogP contribution in [0.25, 0.3) is 0 Å². The van der Waals surface area contributed by atoms with Crippen LogP contribution >= 0.6 is 80.6 Å². The second-order valence-electron chi connectivity index (χ2n) is 7.53. The second kappa shape index (κ2) is 21.0. The third kappa shape index (κ3) is 17.0. The summed E-state index contributed by atoms with van der Waals surface area (Å²) in [4.78, 5) is 11.2. The Bertz CT molecular complexity index is 1620. The summed E-state index contributed by atoms with van der Waals surface area (Å²) in [6.07, 6.45) is -1.99. The Labute approximate surface area is 285 Å². The van der Waals surface area contributed by atoms with Crippen LogP contribution in [0.3, 0.4) is 0 Å². The highest BCUT2D eigenvalue weighted by Gasteiger charge is 2.20. The lowest BCUT2D eigenvalue weighted by Crippen LogP contribution is -2.06. The number of thiazole rings is 3. The van der Waals surface area contributed by atoms with E-state index in [1.807, 2.05) is 0 Å². The Balaban J connectivity index is 0.000000338. The lowest BCUT2D eigenvalue weighted by atomic mass is 10.4. The number of halogens is 11. The van der Waals surface area contributed by atoms with Gasteiger partial charge in [-0.25, -0.2) is 40.9 Å². The Morgan fingerprint density at radius 1 is 0.778 bits per heavy atom. The minimum Gasteiger partial charge on any atom is -0.252 e. The van der Waals surface area contributed by atoms with E-state index in [1.54, 1.807) is 0 Å². The SMILES string of the molecule is C/C(F)=C(\F)CCS(=O)(=O)c1ncc(Cl)s1.FC(F)=C(F)CCSc1ncc(Cl)s1.O=S(CCC(F)=C(F)F)c1ncc(Cl)s1. The topological polar surface area (TPSA) is 89.9 Å². The molecule has 0 bridgehead atoms. The highest BCUT2D eigenvalue weighted by Crippen LogP contribution is 2.29. The number of rotatable bonds is 12. The van der Waals surface area contributed by atoms with Crippen molar-refractivity contribution >= 4 is 101 Å². The fraction of sp³-hybridized carbons (Fsp3) is 0.318. The first-order valence-corrected chi connectivity index (χ1v) is 18.9. The molecule has 3 aromatic heterocycles. The smallest absolute Gasteiger partial charge is 0.252 e. The molecular formula is C22H18Cl3F8N3O3S6. The Hall–Kier alpha value is -1.13. The van der Waals surface area contributed by atoms with Crippen molar-refractivity contribution < 1.29 is 47.8 Å². The van der Waals surface area contributed by atoms with E-state index >= 15 is 0 Å². The number of nitrogens with zero attached hydrogens (tertiary/aromatic N) is 3. The van der Waals surface area contributed by atoms with Gasteiger partial charge in [-0.05, 0) is 6.92 Å². The molecule has 1 atom stereocenters. The van der Waals surface area contributed by atoms with E-state index in [0.717, 1.165) is 29.6 Å². The molecule has 3 rings (SSSR count). The molecule has 0 saturated heterocycles. The second-order valence-corrected chi connectivity index (χ2v) is 17.9. The van der Waals surface area contributed by atoms with E-state index in [9.17, 15) is 47.8 Å². The van der Waals surface area contributed by atoms with Crippen LogP contribution in [0.15, 0.2) is 67.1 Å². The van der Waals surface area contributed by atoms with E-state index in [1.165, 1.54) is 41.7 Å². The summed E-state index contributed by atoms with van der Waals surface area (Å²) < 4.78 is 133. The molecule has 3 heterocycles. The zero-order chi connectivity index (χ0) is 34.3. The van der Waals surface area contributed by atoms with E-state index < -0.39 is 74.7 Å². The summed E-state index contributed by atoms with van der Waals surface area (Å²) in [6, 6.07) is 0. The van der Waals surface area contributed by atoms with Gasteiger partial charge in [0.1, 0.15) is 24.7 Å². The number of allylic oxidation sites excluding steroid dienone is 4. The standard InChI is InChI=1S/C8H8ClF2NO2S2.C7H5ClF3NOS2.C7H5ClF3NS2/c1-5(10)6(11)2-3-16(13,14)8-12-4-7(9)15-8;8-5-3-12-7(14-5)15(13)2-1-4(9)6(10)11;8-5-3-12-7(14-5)13-2-1-4(9)6(10)11/h4H,2-3H2,1H3;3H,1-2H2;3H,1-2H2/b6-5+;;. The lowest BCUT2D eigenvalue weighted by Gasteiger charge is -1.99. The lowest BCUT2D eigenvalue weighted by molar-refractivity contribution is 0.373. The molecule has 0 aromatic carbocycles. The van der Waals surface area contributed by atoms with Gasteiger partial charge in [-0.15, -0.1) is 0 Å². The number of hydrogen-bond donors (Lipinski definition) is 0. The molecule has 0 radical (unpaired) electrons. The van der Waals surface area contributed by atoms with Crippen LogP contribution in [-0.2, 0) is 20.6 Å². The molecule has 6 nitrogen and oxygen atoms in total. The third-order valence-electron chi connectivity index (χ3n) is 4.26. The van der Waals surface area contributed by atoms with Crippen molar-refractivity contribution in [2.45, 2.75) is 39.2 Å². The van der Waals surface area contributed by atoms with Crippen molar-refractivity contribution in [1.29, 1.82) is 0 Å². The fourth-order valence-corrected chi connectivity index (χ4v) is 9.36. The molecule has 0 aliphatic carbocycles. The summed E-state index contributed by atoms with van der Waals surface area (Å²) in [6.45, 7) is 0.933. The van der Waals surface area contributed by atoms with Crippen LogP contribution in [-0.4, -0.2) is 44.8 Å². The van der Waals surface area contributed by atoms with Crippen LogP contribution in [0.1, 0.15) is 26.2 Å². The van der Waals surface area contributed by atoms with E-state index in [4.69, 9.17) is 34.8 Å². The Morgan fingerprint density at radius 3 is 1.78 bits per heavy atom. The summed E-state index contributed by atoms with van der Waals surface area (Å²) in [5, 5.41) is 0. The van der Waals surface area contributed by atoms with Gasteiger partial charge in [-0.2, -0.15) is 17.6 Å². The summed E-state index contributed by atoms with van der Waals surface area (Å²) in [5.74, 6) is -5.49. The first-order valence-electron chi connectivity index (χ1n) is 11.4. The molecule has 0 aliphatic heterocycles. The molecular weight excluding hydrogens is 805 g/mol. The van der Waals surface area contributed by atoms with Crippen LogP contribution in [0.4, 0.5) is 35.1 Å². The van der Waals surface area contributed by atoms with Gasteiger partial charge >= 0.3 is 12.2 Å². The number of aromatic nitrogens is 3. The largest absolute Gasteiger partial charge is 0.301 e. The Kier molecular flexibility index (Phi) is 19.5. The van der Waals surface area contributed by atoms with Crippen molar-refractivity contribution in [2.24, 2.45) is 0 Å². The highest BCUT2D eigenvalue weighted by atomic mass is 35.5. The Morgan fingerprint density at radius 2 is 1.31 bits per heavy atom. The maximum absolute atomic E-state index is 12.8. The number of hydrogen-bond acceptors (Lipinski definition) is 10. The first kappa shape index (κ1) is 41.9. The van der Waals surface area contributed by atoms with Gasteiger partial charge in [0.2, 0.25) is 14.2 Å². The normalized spacial score (nSPS) is 12.3. The summed E-state index contributed by atoms with van der Waals surface area (Å²) >= 11 is 20.9. The fourth-order valence-electron chi connectivity index (χ4n) is 2.20. The maximum Gasteiger partial charge on any atom is 0.301 e. The first-order chi connectivity index (χ1) is 20.9. The zero-order valence-electron chi connectivity index (χ0n) is 22.1. The minimum absolute atomic E-state index is 0.179. The van der Waals surface area contributed by atoms with E-state index in [2.05, 4.69) is 15.0 Å². The van der Waals surface area contributed by atoms with Gasteiger partial charge in [0.15, 0.2) is 20.3 Å². The van der Waals surface area contributed by atoms with Crippen molar-refractivity contribution in [3.05, 3.63) is 67.1 Å². The van der Waals surface area contributed by atoms with Crippen LogP contribution in [0.2, 0.25) is 13.0 Å². The average Bonchev–Trinajstić information content (AvgIpc) is 3.72. The predicted molar refractivity (Wildman–Crippen MR) is 165 cm³/mol. The summed E-state index contributed by atoms with van der Waals surface area (Å²) in [7, 11) is -5.27. The molecule has 1 unspecified atom stereocenters. The van der Waals surface area contributed by atoms with Crippen molar-refractivity contribution in [2.75, 3.05) is 17.3 Å². The van der Waals surface area contributed by atoms with Crippen LogP contribution < -0.4 is 0 Å². The van der Waals surface area contributed by atoms with Crippen LogP contribution in [0, 0.1) is 0 Å². The zero-order valence-corrected chi connectivity index (χ0v) is 29.3. The maximum atomic E-state index is 12.8. The van der Waals surface area contributed by atoms with Gasteiger partial charge in [0, 0.05) is 30.8 Å². The van der Waals surface area contributed by atoms with Crippen molar-refractivity contribution in [1.82, 2.24) is 15.0 Å². The molecule has 0 N–H and O–H groups in total. The molecule has 3 aromatic rings. The van der Waals surface area contributed by atoms with Crippen molar-refractivity contribution in [3.8, 4) is 0 Å². The third-order valence-corrected chi connectivity index (χ3v) is 12.6. The molecule has 252 valence electrons. The predicted octanol–water partition coefficient (Wildman–Crippen LogP) is 10.9. The molecule has 0 aliphatic rings. The summed E-state index contributed by atoms with van der Waals surface area (Å²) in [5.41, 5.74) is 0. The van der Waals surface area contributed by atoms with E-state index in [0.29, 0.717) is 13.0 Å². The van der Waals surface area contributed by atoms with Gasteiger partial charge in [0.05, 0.1) is 35.1 Å². The minimum atomic E-state index is -3.69. The molecule has 0 amide bonds. The van der Waals surface area contributed by atoms with Gasteiger partial charge in [-0.3, -0.25) is 4.21 Å².